The molecule has 10 rings (SSSR count). The maximum absolute atomic E-state index is 15.2. The van der Waals surface area contributed by atoms with E-state index in [0.29, 0.717) is 68.7 Å². The molecule has 2 amide bonds. The van der Waals surface area contributed by atoms with E-state index < -0.39 is 63.3 Å². The van der Waals surface area contributed by atoms with Gasteiger partial charge in [0, 0.05) is 62.8 Å². The number of carbonyl (C=O) groups is 5. The van der Waals surface area contributed by atoms with Gasteiger partial charge in [-0.3, -0.25) is 24.1 Å². The molecule has 2 saturated heterocycles. The Morgan fingerprint density at radius 1 is 0.696 bits per heavy atom. The van der Waals surface area contributed by atoms with Crippen molar-refractivity contribution < 1.29 is 48.1 Å². The molecule has 21 heteroatoms. The lowest BCUT2D eigenvalue weighted by Crippen LogP contribution is -2.35. The van der Waals surface area contributed by atoms with Gasteiger partial charge in [0.15, 0.2) is 29.0 Å². The van der Waals surface area contributed by atoms with Crippen LogP contribution in [0.2, 0.25) is 0 Å². The zero-order valence-electron chi connectivity index (χ0n) is 36.8. The summed E-state index contributed by atoms with van der Waals surface area (Å²) in [6.07, 6.45) is 7.54. The van der Waals surface area contributed by atoms with Crippen molar-refractivity contribution in [2.45, 2.75) is 63.5 Å². The third kappa shape index (κ3) is 8.58. The Bertz CT molecular complexity index is 3260. The molecule has 0 unspecified atom stereocenters. The predicted molar refractivity (Wildman–Crippen MR) is 244 cm³/mol. The highest BCUT2D eigenvalue weighted by molar-refractivity contribution is 6.21. The predicted octanol–water partition coefficient (Wildman–Crippen LogP) is 5.15. The number of halogens is 2. The van der Waals surface area contributed by atoms with Gasteiger partial charge in [0.2, 0.25) is 10.9 Å². The first-order valence-corrected chi connectivity index (χ1v) is 22.2. The second kappa shape index (κ2) is 18.2. The average molecular weight is 944 g/mol. The Hall–Kier alpha value is -8.12. The largest absolute Gasteiger partial charge is 0.478 e. The Balaban J connectivity index is 0.000000178. The van der Waals surface area contributed by atoms with Crippen LogP contribution in [-0.4, -0.2) is 108 Å². The third-order valence-corrected chi connectivity index (χ3v) is 13.2. The van der Waals surface area contributed by atoms with Crippen LogP contribution < -0.4 is 26.4 Å². The van der Waals surface area contributed by atoms with Gasteiger partial charge in [0.05, 0.1) is 35.0 Å². The quantitative estimate of drug-likeness (QED) is 0.0803. The standard InChI is InChI=1S/C28H22FN5O5.C20H21FN4O5/c1-30-22(14-34-26(36)17-4-2-3-5-18(17)27(34)37)15-8-10-32(11-9-15)25-21(29)12-19-23(35)20(28(38)39)13-33(16-6-7-16)24(19)31-25;21-15-7-12-16(26)14(20(29)30)9-25(11-1-2-11)17(12)23-18(15)24-5-3-10(4-6-24)13(8-22)19(27)28/h2-5,12-13,16H,6-11,14H2,(H,38,39);7,9,11H,1-6,8,22H2,(H,27,28)(H,29,30). The number of nitrogens with zero attached hydrogens (tertiary/aromatic N) is 8. The highest BCUT2D eigenvalue weighted by Crippen LogP contribution is 2.39. The summed E-state index contributed by atoms with van der Waals surface area (Å²) in [6, 6.07) is 8.72. The smallest absolute Gasteiger partial charge is 0.341 e. The van der Waals surface area contributed by atoms with Crippen molar-refractivity contribution in [2.75, 3.05) is 49.1 Å². The van der Waals surface area contributed by atoms with Crippen molar-refractivity contribution in [1.82, 2.24) is 24.0 Å². The van der Waals surface area contributed by atoms with Crippen molar-refractivity contribution in [3.05, 3.63) is 137 Å². The lowest BCUT2D eigenvalue weighted by atomic mass is 9.97. The summed E-state index contributed by atoms with van der Waals surface area (Å²) in [7, 11) is 0. The number of hydrogen-bond acceptors (Lipinski definition) is 12. The number of imide groups is 1. The van der Waals surface area contributed by atoms with Crippen molar-refractivity contribution in [2.24, 2.45) is 5.73 Å². The molecule has 5 aliphatic rings. The van der Waals surface area contributed by atoms with Crippen LogP contribution in [0.15, 0.2) is 80.8 Å². The van der Waals surface area contributed by atoms with Crippen LogP contribution in [0.1, 0.15) is 105 Å². The van der Waals surface area contributed by atoms with Gasteiger partial charge in [-0.15, -0.1) is 0 Å². The monoisotopic (exact) mass is 943 g/mol. The molecule has 0 atom stereocenters. The fourth-order valence-corrected chi connectivity index (χ4v) is 9.19. The topological polar surface area (TPSA) is 256 Å². The van der Waals surface area contributed by atoms with Gasteiger partial charge in [-0.25, -0.2) is 38.0 Å². The fourth-order valence-electron chi connectivity index (χ4n) is 9.19. The molecule has 3 aliphatic heterocycles. The zero-order chi connectivity index (χ0) is 49.0. The maximum Gasteiger partial charge on any atom is 0.341 e. The summed E-state index contributed by atoms with van der Waals surface area (Å²) in [5.74, 6) is -5.93. The number of aromatic carboxylic acids is 2. The van der Waals surface area contributed by atoms with Crippen LogP contribution >= 0.6 is 0 Å². The number of piperidine rings is 2. The van der Waals surface area contributed by atoms with Crippen molar-refractivity contribution in [3.63, 3.8) is 0 Å². The number of pyridine rings is 4. The maximum atomic E-state index is 15.2. The van der Waals surface area contributed by atoms with E-state index in [1.807, 2.05) is 0 Å². The number of benzene rings is 1. The molecule has 4 aromatic heterocycles. The molecule has 5 aromatic rings. The van der Waals surface area contributed by atoms with Crippen molar-refractivity contribution >= 4 is 63.4 Å². The van der Waals surface area contributed by atoms with Crippen LogP contribution in [0.4, 0.5) is 20.4 Å². The van der Waals surface area contributed by atoms with Gasteiger partial charge in [0.1, 0.15) is 22.4 Å². The molecule has 2 aliphatic carbocycles. The minimum Gasteiger partial charge on any atom is -0.478 e. The molecule has 0 bridgehead atoms. The van der Waals surface area contributed by atoms with Gasteiger partial charge in [-0.1, -0.05) is 23.3 Å². The highest BCUT2D eigenvalue weighted by atomic mass is 19.1. The molecule has 2 saturated carbocycles. The number of nitrogens with two attached hydrogens (primary N) is 1. The average Bonchev–Trinajstić information content (AvgIpc) is 4.29. The van der Waals surface area contributed by atoms with Crippen LogP contribution in [-0.2, 0) is 4.79 Å². The molecular weight excluding hydrogens is 901 g/mol. The normalized spacial score (nSPS) is 16.9. The first kappa shape index (κ1) is 46.0. The summed E-state index contributed by atoms with van der Waals surface area (Å²) in [5.41, 5.74) is 6.38. The Kier molecular flexibility index (Phi) is 12.1. The Labute approximate surface area is 389 Å². The summed E-state index contributed by atoms with van der Waals surface area (Å²) in [6.45, 7) is 8.91. The summed E-state index contributed by atoms with van der Waals surface area (Å²) >= 11 is 0. The molecule has 19 nitrogen and oxygen atoms in total. The highest BCUT2D eigenvalue weighted by Gasteiger charge is 2.37. The molecule has 0 spiro atoms. The van der Waals surface area contributed by atoms with Crippen molar-refractivity contribution in [3.8, 4) is 0 Å². The number of carboxylic acids is 3. The minimum absolute atomic E-state index is 0.0104. The minimum atomic E-state index is -1.37. The first-order chi connectivity index (χ1) is 33.1. The number of amides is 2. The lowest BCUT2D eigenvalue weighted by molar-refractivity contribution is -0.132. The van der Waals surface area contributed by atoms with E-state index in [0.717, 1.165) is 53.9 Å². The number of aliphatic carboxylic acids is 1. The molecule has 4 fully saturated rings. The molecule has 5 N–H and O–H groups in total. The second-order valence-corrected chi connectivity index (χ2v) is 17.4. The van der Waals surface area contributed by atoms with E-state index in [2.05, 4.69) is 14.8 Å². The van der Waals surface area contributed by atoms with Gasteiger partial charge < -0.3 is 40.0 Å². The molecule has 1 aromatic carbocycles. The number of carbonyl (C=O) groups excluding carboxylic acids is 2. The summed E-state index contributed by atoms with van der Waals surface area (Å²) in [4.78, 5) is 102. The van der Waals surface area contributed by atoms with E-state index in [1.165, 1.54) is 12.4 Å². The van der Waals surface area contributed by atoms with E-state index in [1.54, 1.807) is 43.2 Å². The van der Waals surface area contributed by atoms with Gasteiger partial charge >= 0.3 is 17.9 Å². The first-order valence-electron chi connectivity index (χ1n) is 22.2. The number of fused-ring (bicyclic) bond motifs is 3. The van der Waals surface area contributed by atoms with Crippen molar-refractivity contribution in [1.29, 1.82) is 0 Å². The molecule has 69 heavy (non-hydrogen) atoms. The van der Waals surface area contributed by atoms with Gasteiger partial charge in [-0.05, 0) is 75.6 Å². The molecule has 0 radical (unpaired) electrons. The van der Waals surface area contributed by atoms with Crippen LogP contribution in [0.25, 0.3) is 26.9 Å². The number of rotatable bonds is 10. The number of hydrogen-bond donors (Lipinski definition) is 4. The van der Waals surface area contributed by atoms with Gasteiger partial charge in [-0.2, -0.15) is 0 Å². The molecular formula is C48H43F2N9O10. The fraction of sp³-hybridized carbons (Fsp3) is 0.333. The third-order valence-electron chi connectivity index (χ3n) is 13.2. The second-order valence-electron chi connectivity index (χ2n) is 17.4. The van der Waals surface area contributed by atoms with Crippen LogP contribution in [0, 0.1) is 18.2 Å². The van der Waals surface area contributed by atoms with Crippen LogP contribution in [0.3, 0.4) is 0 Å². The molecule has 7 heterocycles. The number of aromatic nitrogens is 4. The Morgan fingerprint density at radius 2 is 1.12 bits per heavy atom. The lowest BCUT2D eigenvalue weighted by Gasteiger charge is -2.31. The summed E-state index contributed by atoms with van der Waals surface area (Å²) < 4.78 is 33.4. The zero-order valence-corrected chi connectivity index (χ0v) is 36.8. The van der Waals surface area contributed by atoms with E-state index in [-0.39, 0.29) is 64.4 Å². The summed E-state index contributed by atoms with van der Waals surface area (Å²) in [5, 5.41) is 27.9. The van der Waals surface area contributed by atoms with Crippen LogP contribution in [0.5, 0.6) is 0 Å². The number of carboxylic acid groups (broad SMARTS) is 3. The van der Waals surface area contributed by atoms with E-state index in [4.69, 9.17) is 12.3 Å². The number of anilines is 2. The van der Waals surface area contributed by atoms with Gasteiger partial charge in [0.25, 0.3) is 11.8 Å². The van der Waals surface area contributed by atoms with E-state index in [9.17, 15) is 53.3 Å². The molecule has 354 valence electrons. The van der Waals surface area contributed by atoms with E-state index >= 15 is 4.39 Å². The Morgan fingerprint density at radius 3 is 1.48 bits per heavy atom. The SMILES string of the molecule is NCC(C(=O)O)=C1CCN(c2nc3c(cc2F)c(=O)c(C(=O)O)cn3C2CC2)CC1.[C-]#[N+]C(CN1C(=O)c2ccccc2C1=O)=C1CCN(c2nc3c(cc2F)c(=O)c(C(=O)O)cn3C2CC2)CC1.